The number of rotatable bonds is 7. The Balaban J connectivity index is 0.00000342. The van der Waals surface area contributed by atoms with E-state index >= 15 is 0 Å². The van der Waals surface area contributed by atoms with Gasteiger partial charge in [0.1, 0.15) is 0 Å². The van der Waals surface area contributed by atoms with Gasteiger partial charge in [0.25, 0.3) is 15.9 Å². The first-order valence-electron chi connectivity index (χ1n) is 11.3. The van der Waals surface area contributed by atoms with Gasteiger partial charge in [-0.15, -0.1) is 12.4 Å². The number of piperazine rings is 1. The van der Waals surface area contributed by atoms with Gasteiger partial charge in [-0.1, -0.05) is 60.2 Å². The molecule has 0 radical (unpaired) electrons. The van der Waals surface area contributed by atoms with Crippen LogP contribution in [0.1, 0.15) is 21.5 Å². The number of halogens is 1. The van der Waals surface area contributed by atoms with Crippen molar-refractivity contribution < 1.29 is 13.2 Å². The first kappa shape index (κ1) is 26.5. The molecule has 1 N–H and O–H groups in total. The summed E-state index contributed by atoms with van der Waals surface area (Å²) in [7, 11) is -3.72. The predicted molar refractivity (Wildman–Crippen MR) is 143 cm³/mol. The number of benzene rings is 3. The lowest BCUT2D eigenvalue weighted by Crippen LogP contribution is -2.48. The first-order valence-corrected chi connectivity index (χ1v) is 12.8. The lowest BCUT2D eigenvalue weighted by atomic mass is 10.2. The van der Waals surface area contributed by atoms with Gasteiger partial charge < -0.3 is 4.90 Å². The van der Waals surface area contributed by atoms with Crippen molar-refractivity contribution >= 4 is 40.1 Å². The van der Waals surface area contributed by atoms with Gasteiger partial charge in [0.2, 0.25) is 0 Å². The van der Waals surface area contributed by atoms with Crippen molar-refractivity contribution in [2.45, 2.75) is 11.8 Å². The number of nitrogens with zero attached hydrogens (tertiary/aromatic N) is 2. The molecular formula is C27H30ClN3O3S. The number of aryl methyl sites for hydroxylation is 1. The highest BCUT2D eigenvalue weighted by Crippen LogP contribution is 2.18. The van der Waals surface area contributed by atoms with E-state index in [1.807, 2.05) is 42.2 Å². The van der Waals surface area contributed by atoms with Crippen LogP contribution < -0.4 is 4.72 Å². The highest BCUT2D eigenvalue weighted by Gasteiger charge is 2.22. The smallest absolute Gasteiger partial charge is 0.261 e. The van der Waals surface area contributed by atoms with Gasteiger partial charge in [0, 0.05) is 44.0 Å². The first-order chi connectivity index (χ1) is 16.4. The lowest BCUT2D eigenvalue weighted by Gasteiger charge is -2.34. The fraction of sp³-hybridized carbons (Fsp3) is 0.222. The third-order valence-corrected chi connectivity index (χ3v) is 7.25. The Morgan fingerprint density at radius 2 is 1.51 bits per heavy atom. The minimum absolute atomic E-state index is 0. The molecule has 0 aromatic heterocycles. The molecule has 0 unspecified atom stereocenters. The summed E-state index contributed by atoms with van der Waals surface area (Å²) in [5.74, 6) is -0.0741. The molecule has 4 rings (SSSR count). The van der Waals surface area contributed by atoms with Gasteiger partial charge >= 0.3 is 0 Å². The number of amides is 1. The molecule has 1 aliphatic rings. The zero-order valence-electron chi connectivity index (χ0n) is 19.6. The van der Waals surface area contributed by atoms with Crippen molar-refractivity contribution in [1.82, 2.24) is 9.80 Å². The molecule has 0 saturated carbocycles. The lowest BCUT2D eigenvalue weighted by molar-refractivity contribution is 0.0650. The number of hydrogen-bond donors (Lipinski definition) is 1. The average Bonchev–Trinajstić information content (AvgIpc) is 2.86. The molecule has 0 aliphatic carbocycles. The Bertz CT molecular complexity index is 1240. The van der Waals surface area contributed by atoms with Crippen LogP contribution in [0.3, 0.4) is 0 Å². The second-order valence-electron chi connectivity index (χ2n) is 8.40. The van der Waals surface area contributed by atoms with Crippen molar-refractivity contribution in [2.24, 2.45) is 0 Å². The van der Waals surface area contributed by atoms with Crippen LogP contribution in [0, 0.1) is 6.92 Å². The molecule has 8 heteroatoms. The van der Waals surface area contributed by atoms with E-state index in [4.69, 9.17) is 0 Å². The summed E-state index contributed by atoms with van der Waals surface area (Å²) in [6.45, 7) is 5.68. The van der Waals surface area contributed by atoms with Crippen LogP contribution in [0.4, 0.5) is 5.69 Å². The molecule has 1 saturated heterocycles. The Morgan fingerprint density at radius 3 is 2.14 bits per heavy atom. The highest BCUT2D eigenvalue weighted by atomic mass is 35.5. The van der Waals surface area contributed by atoms with Crippen LogP contribution >= 0.6 is 12.4 Å². The second kappa shape index (κ2) is 12.0. The molecule has 0 bridgehead atoms. The quantitative estimate of drug-likeness (QED) is 0.499. The van der Waals surface area contributed by atoms with Crippen molar-refractivity contribution in [3.63, 3.8) is 0 Å². The summed E-state index contributed by atoms with van der Waals surface area (Å²) in [5.41, 5.74) is 3.22. The third-order valence-electron chi connectivity index (χ3n) is 5.85. The third kappa shape index (κ3) is 7.18. The Morgan fingerprint density at radius 1 is 0.886 bits per heavy atom. The van der Waals surface area contributed by atoms with E-state index in [0.717, 1.165) is 25.2 Å². The molecule has 0 atom stereocenters. The van der Waals surface area contributed by atoms with Gasteiger partial charge in [-0.2, -0.15) is 0 Å². The van der Waals surface area contributed by atoms with Gasteiger partial charge in [0.05, 0.1) is 4.90 Å². The number of hydrogen-bond acceptors (Lipinski definition) is 4. The maximum Gasteiger partial charge on any atom is 0.261 e. The largest absolute Gasteiger partial charge is 0.336 e. The van der Waals surface area contributed by atoms with Crippen molar-refractivity contribution in [3.8, 4) is 0 Å². The monoisotopic (exact) mass is 511 g/mol. The topological polar surface area (TPSA) is 69.7 Å². The van der Waals surface area contributed by atoms with Crippen LogP contribution in [-0.4, -0.2) is 56.8 Å². The zero-order chi connectivity index (χ0) is 24.0. The van der Waals surface area contributed by atoms with Crippen LogP contribution in [-0.2, 0) is 10.0 Å². The van der Waals surface area contributed by atoms with Gasteiger partial charge in [0.15, 0.2) is 0 Å². The molecular weight excluding hydrogens is 482 g/mol. The number of anilines is 1. The van der Waals surface area contributed by atoms with E-state index in [9.17, 15) is 13.2 Å². The van der Waals surface area contributed by atoms with E-state index in [2.05, 4.69) is 33.9 Å². The fourth-order valence-electron chi connectivity index (χ4n) is 3.83. The SMILES string of the molecule is Cc1ccc(NS(=O)(=O)c2ccc(C(=O)N3CCN(CC=Cc4ccccc4)CC3)cc2)cc1.Cl. The van der Waals surface area contributed by atoms with Crippen molar-refractivity contribution in [1.29, 1.82) is 0 Å². The second-order valence-corrected chi connectivity index (χ2v) is 10.1. The summed E-state index contributed by atoms with van der Waals surface area (Å²) < 4.78 is 27.9. The molecule has 35 heavy (non-hydrogen) atoms. The number of carbonyl (C=O) groups excluding carboxylic acids is 1. The summed E-state index contributed by atoms with van der Waals surface area (Å²) in [6, 6.07) is 23.5. The van der Waals surface area contributed by atoms with E-state index in [1.165, 1.54) is 17.7 Å². The molecule has 3 aromatic carbocycles. The summed E-state index contributed by atoms with van der Waals surface area (Å²) >= 11 is 0. The van der Waals surface area contributed by atoms with E-state index in [0.29, 0.717) is 24.3 Å². The zero-order valence-corrected chi connectivity index (χ0v) is 21.3. The van der Waals surface area contributed by atoms with Gasteiger partial charge in [-0.05, 0) is 48.9 Å². The van der Waals surface area contributed by atoms with Crippen LogP contribution in [0.15, 0.2) is 89.8 Å². The maximum absolute atomic E-state index is 12.9. The average molecular weight is 512 g/mol. The normalized spacial score (nSPS) is 14.5. The standard InChI is InChI=1S/C27H29N3O3S.ClH/c1-22-9-13-25(14-10-22)28-34(32,33)26-15-11-24(12-16-26)27(31)30-20-18-29(19-21-30)17-5-8-23-6-3-2-4-7-23;/h2-16,28H,17-21H2,1H3;1H. The molecule has 1 heterocycles. The van der Waals surface area contributed by atoms with Crippen LogP contribution in [0.5, 0.6) is 0 Å². The minimum atomic E-state index is -3.72. The summed E-state index contributed by atoms with van der Waals surface area (Å²) in [4.78, 5) is 17.2. The van der Waals surface area contributed by atoms with Crippen LogP contribution in [0.25, 0.3) is 6.08 Å². The van der Waals surface area contributed by atoms with Crippen molar-refractivity contribution in [2.75, 3.05) is 37.4 Å². The van der Waals surface area contributed by atoms with E-state index in [1.54, 1.807) is 24.3 Å². The number of carbonyl (C=O) groups is 1. The Kier molecular flexibility index (Phi) is 9.09. The van der Waals surface area contributed by atoms with Gasteiger partial charge in [-0.25, -0.2) is 8.42 Å². The molecule has 1 aliphatic heterocycles. The molecule has 0 spiro atoms. The molecule has 6 nitrogen and oxygen atoms in total. The Hall–Kier alpha value is -3.13. The molecule has 1 amide bonds. The summed E-state index contributed by atoms with van der Waals surface area (Å²) in [5, 5.41) is 0. The molecule has 3 aromatic rings. The number of nitrogens with one attached hydrogen (secondary N) is 1. The Labute approximate surface area is 213 Å². The van der Waals surface area contributed by atoms with Gasteiger partial charge in [-0.3, -0.25) is 14.4 Å². The van der Waals surface area contributed by atoms with E-state index < -0.39 is 10.0 Å². The predicted octanol–water partition coefficient (Wildman–Crippen LogP) is 4.69. The number of sulfonamides is 1. The maximum atomic E-state index is 12.9. The van der Waals surface area contributed by atoms with E-state index in [-0.39, 0.29) is 23.2 Å². The fourth-order valence-corrected chi connectivity index (χ4v) is 4.89. The molecule has 184 valence electrons. The minimum Gasteiger partial charge on any atom is -0.336 e. The van der Waals surface area contributed by atoms with Crippen molar-refractivity contribution in [3.05, 3.63) is 102 Å². The van der Waals surface area contributed by atoms with Crippen LogP contribution in [0.2, 0.25) is 0 Å². The molecule has 1 fully saturated rings. The summed E-state index contributed by atoms with van der Waals surface area (Å²) in [6.07, 6.45) is 4.26. The highest BCUT2D eigenvalue weighted by molar-refractivity contribution is 7.92.